The minimum atomic E-state index is -4.63. The highest BCUT2D eigenvalue weighted by Gasteiger charge is 2.36. The van der Waals surface area contributed by atoms with Crippen molar-refractivity contribution in [3.8, 4) is 11.6 Å². The quantitative estimate of drug-likeness (QED) is 0.280. The molecule has 44 heavy (non-hydrogen) atoms. The molecule has 1 fully saturated rings. The number of benzene rings is 1. The summed E-state index contributed by atoms with van der Waals surface area (Å²) >= 11 is 2.93. The summed E-state index contributed by atoms with van der Waals surface area (Å²) in [6, 6.07) is 8.85. The fourth-order valence-electron chi connectivity index (χ4n) is 6.00. The molecule has 0 saturated heterocycles. The van der Waals surface area contributed by atoms with E-state index in [-0.39, 0.29) is 34.5 Å². The van der Waals surface area contributed by atoms with Crippen molar-refractivity contribution >= 4 is 27.7 Å². The number of nitrogens with one attached hydrogen (secondary N) is 1. The predicted molar refractivity (Wildman–Crippen MR) is 162 cm³/mol. The topological polar surface area (TPSA) is 97.9 Å². The Kier molecular flexibility index (Phi) is 7.63. The van der Waals surface area contributed by atoms with E-state index >= 15 is 0 Å². The second kappa shape index (κ2) is 11.2. The molecule has 1 aliphatic carbocycles. The second-order valence-corrected chi connectivity index (χ2v) is 12.7. The van der Waals surface area contributed by atoms with Gasteiger partial charge < -0.3 is 10.2 Å². The third-order valence-electron chi connectivity index (χ3n) is 8.31. The maximum atomic E-state index is 14.2. The molecule has 0 spiro atoms. The molecule has 1 aliphatic heterocycles. The van der Waals surface area contributed by atoms with E-state index in [0.717, 1.165) is 36.1 Å². The first-order valence-electron chi connectivity index (χ1n) is 14.4. The molecule has 0 bridgehead atoms. The van der Waals surface area contributed by atoms with Crippen LogP contribution in [-0.4, -0.2) is 47.2 Å². The number of halogens is 4. The number of hydrogen-bond donors (Lipinski definition) is 1. The van der Waals surface area contributed by atoms with Gasteiger partial charge in [0, 0.05) is 33.4 Å². The molecular weight excluding hydrogens is 639 g/mol. The van der Waals surface area contributed by atoms with Crippen LogP contribution in [0, 0.1) is 19.8 Å². The Labute approximate surface area is 260 Å². The molecule has 4 heterocycles. The standard InChI is InChI=1S/C31H31BrF3N7O2/c1-16-9-21(10-16)37-27-8-6-22(14-36-27)41-29(44)23-12-18(3)40(15-26(23)38-30(41)42-19(4)11-17(2)39-42)28(43)20-5-7-25(32)24(13-20)31(33,34)35/h5-8,11,13-14,16,18,21H,9-10,12,15H2,1-4H3,(H,36,37). The lowest BCUT2D eigenvalue weighted by Crippen LogP contribution is -2.46. The van der Waals surface area contributed by atoms with Crippen molar-refractivity contribution in [1.29, 1.82) is 0 Å². The summed E-state index contributed by atoms with van der Waals surface area (Å²) in [5.41, 5.74) is 1.46. The van der Waals surface area contributed by atoms with E-state index in [1.54, 1.807) is 17.8 Å². The molecule has 1 saturated carbocycles. The van der Waals surface area contributed by atoms with Gasteiger partial charge in [0.1, 0.15) is 5.82 Å². The number of alkyl halides is 3. The number of rotatable bonds is 5. The predicted octanol–water partition coefficient (Wildman–Crippen LogP) is 6.01. The molecular formula is C31H31BrF3N7O2. The molecule has 1 amide bonds. The number of nitrogens with zero attached hydrogens (tertiary/aromatic N) is 6. The average Bonchev–Trinajstić information content (AvgIpc) is 3.29. The SMILES string of the molecule is Cc1cc(C)n(-c2nc3c(c(=O)n2-c2ccc(NC4CC(C)C4)nc2)CC(C)N(C(=O)c2ccc(Br)c(C(F)(F)F)c2)C3)n1. The fraction of sp³-hybridized carbons (Fsp3) is 0.387. The Morgan fingerprint density at radius 3 is 2.45 bits per heavy atom. The van der Waals surface area contributed by atoms with Gasteiger partial charge in [-0.3, -0.25) is 9.59 Å². The zero-order valence-electron chi connectivity index (χ0n) is 24.6. The first-order valence-corrected chi connectivity index (χ1v) is 15.2. The van der Waals surface area contributed by atoms with Crippen LogP contribution in [0.2, 0.25) is 0 Å². The van der Waals surface area contributed by atoms with E-state index in [4.69, 9.17) is 4.98 Å². The minimum absolute atomic E-state index is 0.0456. The van der Waals surface area contributed by atoms with Gasteiger partial charge in [0.25, 0.3) is 11.5 Å². The van der Waals surface area contributed by atoms with Crippen LogP contribution in [0.5, 0.6) is 0 Å². The van der Waals surface area contributed by atoms with Crippen LogP contribution in [0.4, 0.5) is 19.0 Å². The van der Waals surface area contributed by atoms with Crippen LogP contribution in [0.3, 0.4) is 0 Å². The number of anilines is 1. The summed E-state index contributed by atoms with van der Waals surface area (Å²) in [5, 5.41) is 7.99. The van der Waals surface area contributed by atoms with Crippen molar-refractivity contribution in [3.05, 3.63) is 91.2 Å². The minimum Gasteiger partial charge on any atom is -0.367 e. The molecule has 13 heteroatoms. The number of amides is 1. The molecule has 1 atom stereocenters. The zero-order valence-corrected chi connectivity index (χ0v) is 26.2. The van der Waals surface area contributed by atoms with Gasteiger partial charge in [0.15, 0.2) is 0 Å². The summed E-state index contributed by atoms with van der Waals surface area (Å²) in [6.07, 6.45) is -0.649. The molecule has 0 radical (unpaired) electrons. The molecule has 4 aromatic rings. The summed E-state index contributed by atoms with van der Waals surface area (Å²) in [4.78, 5) is 38.6. The number of aryl methyl sites for hydroxylation is 2. The largest absolute Gasteiger partial charge is 0.417 e. The second-order valence-electron chi connectivity index (χ2n) is 11.8. The maximum Gasteiger partial charge on any atom is 0.417 e. The molecule has 1 aromatic carbocycles. The summed E-state index contributed by atoms with van der Waals surface area (Å²) in [6.45, 7) is 7.63. The average molecular weight is 671 g/mol. The Morgan fingerprint density at radius 1 is 1.09 bits per heavy atom. The van der Waals surface area contributed by atoms with E-state index < -0.39 is 23.7 Å². The molecule has 9 nitrogen and oxygen atoms in total. The van der Waals surface area contributed by atoms with Gasteiger partial charge in [0.05, 0.1) is 35.4 Å². The molecule has 1 unspecified atom stereocenters. The van der Waals surface area contributed by atoms with Crippen molar-refractivity contribution in [2.24, 2.45) is 5.92 Å². The van der Waals surface area contributed by atoms with E-state index in [1.807, 2.05) is 32.0 Å². The van der Waals surface area contributed by atoms with E-state index in [2.05, 4.69) is 38.3 Å². The smallest absolute Gasteiger partial charge is 0.367 e. The van der Waals surface area contributed by atoms with Gasteiger partial charge >= 0.3 is 6.18 Å². The zero-order chi connectivity index (χ0) is 31.5. The van der Waals surface area contributed by atoms with Crippen LogP contribution < -0.4 is 10.9 Å². The van der Waals surface area contributed by atoms with Gasteiger partial charge in [-0.05, 0) is 82.3 Å². The number of pyridine rings is 1. The van der Waals surface area contributed by atoms with Crippen molar-refractivity contribution < 1.29 is 18.0 Å². The Balaban J connectivity index is 1.39. The maximum absolute atomic E-state index is 14.2. The summed E-state index contributed by atoms with van der Waals surface area (Å²) in [7, 11) is 0. The Hall–Kier alpha value is -4.00. The first-order chi connectivity index (χ1) is 20.8. The third-order valence-corrected chi connectivity index (χ3v) is 9.00. The van der Waals surface area contributed by atoms with Gasteiger partial charge in [-0.15, -0.1) is 0 Å². The summed E-state index contributed by atoms with van der Waals surface area (Å²) < 4.78 is 43.6. The summed E-state index contributed by atoms with van der Waals surface area (Å²) in [5.74, 6) is 1.07. The highest BCUT2D eigenvalue weighted by Crippen LogP contribution is 2.36. The molecule has 3 aromatic heterocycles. The molecule has 2 aliphatic rings. The van der Waals surface area contributed by atoms with E-state index in [9.17, 15) is 22.8 Å². The number of fused-ring (bicyclic) bond motifs is 1. The van der Waals surface area contributed by atoms with Crippen LogP contribution in [-0.2, 0) is 19.1 Å². The van der Waals surface area contributed by atoms with Crippen molar-refractivity contribution in [2.45, 2.75) is 71.8 Å². The number of carbonyl (C=O) groups excluding carboxylic acids is 1. The van der Waals surface area contributed by atoms with Crippen LogP contribution in [0.25, 0.3) is 11.6 Å². The first kappa shape index (κ1) is 30.0. The lowest BCUT2D eigenvalue weighted by atomic mass is 9.82. The fourth-order valence-corrected chi connectivity index (χ4v) is 6.47. The monoisotopic (exact) mass is 669 g/mol. The lowest BCUT2D eigenvalue weighted by molar-refractivity contribution is -0.138. The molecule has 1 N–H and O–H groups in total. The molecule has 230 valence electrons. The van der Waals surface area contributed by atoms with Gasteiger partial charge in [-0.25, -0.2) is 19.2 Å². The number of aromatic nitrogens is 5. The van der Waals surface area contributed by atoms with Crippen molar-refractivity contribution in [3.63, 3.8) is 0 Å². The van der Waals surface area contributed by atoms with Gasteiger partial charge in [-0.2, -0.15) is 18.3 Å². The Bertz CT molecular complexity index is 1810. The van der Waals surface area contributed by atoms with E-state index in [0.29, 0.717) is 28.9 Å². The number of carbonyl (C=O) groups is 1. The number of hydrogen-bond acceptors (Lipinski definition) is 6. The van der Waals surface area contributed by atoms with Crippen molar-refractivity contribution in [2.75, 3.05) is 5.32 Å². The van der Waals surface area contributed by atoms with Gasteiger partial charge in [0.2, 0.25) is 5.95 Å². The highest BCUT2D eigenvalue weighted by atomic mass is 79.9. The lowest BCUT2D eigenvalue weighted by Gasteiger charge is -2.35. The van der Waals surface area contributed by atoms with Crippen molar-refractivity contribution in [1.82, 2.24) is 29.2 Å². The van der Waals surface area contributed by atoms with Gasteiger partial charge in [-0.1, -0.05) is 22.9 Å². The van der Waals surface area contributed by atoms with Crippen LogP contribution in [0.15, 0.2) is 51.9 Å². The Morgan fingerprint density at radius 2 is 1.84 bits per heavy atom. The van der Waals surface area contributed by atoms with E-state index in [1.165, 1.54) is 21.6 Å². The normalized spacial score (nSPS) is 19.8. The molecule has 6 rings (SSSR count). The third kappa shape index (κ3) is 5.53. The highest BCUT2D eigenvalue weighted by molar-refractivity contribution is 9.10. The van der Waals surface area contributed by atoms with Crippen LogP contribution in [0.1, 0.15) is 65.3 Å². The van der Waals surface area contributed by atoms with Crippen LogP contribution >= 0.6 is 15.9 Å².